The van der Waals surface area contributed by atoms with E-state index < -0.39 is 89.6 Å². The molecule has 0 aliphatic heterocycles. The fourth-order valence-corrected chi connectivity index (χ4v) is 11.5. The molecule has 0 aliphatic rings. The van der Waals surface area contributed by atoms with E-state index in [0.717, 1.165) is 45.1 Å². The van der Waals surface area contributed by atoms with E-state index in [-0.39, 0.29) is 105 Å². The van der Waals surface area contributed by atoms with Gasteiger partial charge in [0.15, 0.2) is 12.0 Å². The minimum absolute atomic E-state index is 0.00241. The number of carboxylic acid groups (broad SMARTS) is 6. The van der Waals surface area contributed by atoms with Gasteiger partial charge < -0.3 is 98.1 Å². The topological polar surface area (TPSA) is 603 Å². The highest BCUT2D eigenvalue weighted by molar-refractivity contribution is 6.14. The number of ether oxygens (including phenoxy) is 4. The van der Waals surface area contributed by atoms with E-state index in [9.17, 15) is 67.4 Å². The van der Waals surface area contributed by atoms with Crippen LogP contribution in [0.15, 0.2) is 72.3 Å². The van der Waals surface area contributed by atoms with Crippen LogP contribution in [0.2, 0.25) is 0 Å². The lowest BCUT2D eigenvalue weighted by atomic mass is 9.90. The van der Waals surface area contributed by atoms with Crippen LogP contribution >= 0.6 is 0 Å². The summed E-state index contributed by atoms with van der Waals surface area (Å²) in [5.41, 5.74) is 25.8. The monoisotopic (exact) mass is 1750 g/mol. The Labute approximate surface area is 732 Å². The Morgan fingerprint density at radius 2 is 0.756 bits per heavy atom. The van der Waals surface area contributed by atoms with Crippen molar-refractivity contribution in [2.45, 2.75) is 260 Å². The van der Waals surface area contributed by atoms with Crippen LogP contribution in [-0.2, 0) is 81.3 Å². The maximum Gasteiger partial charge on any atom is 0.345 e. The molecule has 0 aliphatic carbocycles. The number of Topliss-reactive ketones (excluding diaryl/α,β-unsaturated/α-hetero) is 2. The van der Waals surface area contributed by atoms with Crippen molar-refractivity contribution in [1.29, 1.82) is 10.5 Å². The lowest BCUT2D eigenvalue weighted by Gasteiger charge is -2.18. The van der Waals surface area contributed by atoms with Crippen molar-refractivity contribution >= 4 is 77.2 Å². The zero-order valence-corrected chi connectivity index (χ0v) is 77.5. The number of carbonyl (C=O) groups is 13. The molecule has 2 rings (SSSR count). The van der Waals surface area contributed by atoms with Gasteiger partial charge in [-0.15, -0.1) is 0 Å². The molecule has 0 aromatic heterocycles. The summed E-state index contributed by atoms with van der Waals surface area (Å²) in [6.07, 6.45) is 7.83. The minimum Gasteiger partial charge on any atom is -0.547 e. The van der Waals surface area contributed by atoms with E-state index in [4.69, 9.17) is 88.2 Å². The highest BCUT2D eigenvalue weighted by Gasteiger charge is 2.37. The number of quaternary nitrogens is 1. The van der Waals surface area contributed by atoms with E-state index in [1.54, 1.807) is 89.2 Å². The first-order valence-corrected chi connectivity index (χ1v) is 42.4. The summed E-state index contributed by atoms with van der Waals surface area (Å²) in [7, 11) is 0. The normalized spacial score (nSPS) is 12.4. The molecule has 32 nitrogen and oxygen atoms in total. The van der Waals surface area contributed by atoms with Gasteiger partial charge in [0.1, 0.15) is 23.2 Å². The Hall–Kier alpha value is -9.57. The first-order chi connectivity index (χ1) is 57.3. The van der Waals surface area contributed by atoms with Crippen LogP contribution in [0.4, 0.5) is 0 Å². The van der Waals surface area contributed by atoms with E-state index in [1.807, 2.05) is 40.7 Å². The van der Waals surface area contributed by atoms with Gasteiger partial charge >= 0.3 is 53.7 Å². The lowest BCUT2D eigenvalue weighted by molar-refractivity contribution is -0.379. The molecular weight excluding hydrogens is 1590 g/mol. The number of benzene rings is 2. The SMILES string of the molecule is CC(=O)CC(C#N)CC(C)C.CC(=O)CC(CN)CC(C)C.CC(C)CC(CC(N)=O)CC(=O)O.CC(C)CC(CN)CC(=O)O.CC(C)C[C@H](CN)CC(=O)O.CC(C)C[C@H](C[NH3+])CC(=O)O.CCCC(C#N)C(C(=O)OCC)C(=O)OCC.CCOC(=O)C(=CCC(C)C)C(=O)OCC.O=C(O)[C@@H](O)c1ccccc1.O=C([O-])[C@@H](O)c1ccccc1. The van der Waals surface area contributed by atoms with Gasteiger partial charge in [0.2, 0.25) is 5.91 Å². The van der Waals surface area contributed by atoms with E-state index in [1.165, 1.54) is 19.1 Å². The van der Waals surface area contributed by atoms with Crippen LogP contribution < -0.4 is 33.8 Å². The van der Waals surface area contributed by atoms with Crippen LogP contribution in [0.5, 0.6) is 0 Å². The third kappa shape index (κ3) is 85.8. The summed E-state index contributed by atoms with van der Waals surface area (Å²) < 4.78 is 19.2. The van der Waals surface area contributed by atoms with Gasteiger partial charge in [-0.1, -0.05) is 177 Å². The van der Waals surface area contributed by atoms with Crippen LogP contribution in [0, 0.1) is 111 Å². The number of aliphatic carboxylic acids is 6. The van der Waals surface area contributed by atoms with Crippen LogP contribution in [0.3, 0.4) is 0 Å². The Morgan fingerprint density at radius 3 is 1.02 bits per heavy atom. The van der Waals surface area contributed by atoms with Crippen molar-refractivity contribution in [1.82, 2.24) is 0 Å². The number of aliphatic hydroxyl groups excluding tert-OH is 2. The second-order valence-corrected chi connectivity index (χ2v) is 32.3. The molecule has 5 unspecified atom stereocenters. The molecule has 2 aromatic carbocycles. The van der Waals surface area contributed by atoms with E-state index in [0.29, 0.717) is 110 Å². The maximum absolute atomic E-state index is 11.7. The van der Waals surface area contributed by atoms with Crippen molar-refractivity contribution in [2.75, 3.05) is 52.6 Å². The summed E-state index contributed by atoms with van der Waals surface area (Å²) >= 11 is 0. The average molecular weight is 1750 g/mol. The first-order valence-electron chi connectivity index (χ1n) is 42.4. The van der Waals surface area contributed by atoms with Crippen molar-refractivity contribution in [2.24, 2.45) is 112 Å². The number of nitrogens with zero attached hydrogens (tertiary/aromatic N) is 2. The quantitative estimate of drug-likeness (QED) is 0.00962. The number of carbonyl (C=O) groups excluding carboxylic acids is 8. The zero-order valence-electron chi connectivity index (χ0n) is 77.5. The minimum atomic E-state index is -1.52. The van der Waals surface area contributed by atoms with Crippen LogP contribution in [0.1, 0.15) is 271 Å². The molecule has 0 spiro atoms. The van der Waals surface area contributed by atoms with Crippen LogP contribution in [-0.4, -0.2) is 166 Å². The molecule has 0 saturated carbocycles. The fraction of sp³-hybridized carbons (Fsp3) is 0.681. The number of rotatable bonds is 47. The number of allylic oxidation sites excluding steroid dienone is 1. The zero-order chi connectivity index (χ0) is 97.0. The molecule has 0 fully saturated rings. The van der Waals surface area contributed by atoms with Crippen LogP contribution in [0.25, 0.3) is 0 Å². The number of hydrogen-bond acceptors (Lipinski definition) is 25. The van der Waals surface area contributed by atoms with Crippen molar-refractivity contribution in [3.8, 4) is 12.1 Å². The summed E-state index contributed by atoms with van der Waals surface area (Å²) in [4.78, 5) is 140. The standard InChI is InChI=1S/C12H19NO4.C12H20O4.C9H17NO3.C9H19NO.C9H15NO.3C8H17NO2.2C8H8O3/c1-4-7-9(8-13)10(11(14)16-5-2)12(15)17-6-3;1-5-15-11(13)10(8-7-9(3)4)12(14)16-6-2;1-6(2)3-7(4-8(10)11)5-9(12)13;2*1-7(2)4-9(6-10)5-8(3)11;3*1-6(2)3-7(5-9)4-8(10)11;2*9-7(8(10)11)6-4-2-1-3-5-6/h9-10H,4-7H2,1-3H3;8-9H,5-7H2,1-4H3;6-7H,3-5H2,1-2H3,(H2,10,11)(H,12,13);7,9H,4-6,10H2,1-3H3;7,9H,4-5H2,1-3H3;3*6-7H,3-5,9H2,1-2H3,(H,10,11);2*1-5,7,9H,(H,10,11)/t;;;;;2*7-;;2*7-/m.....00.00/s1. The number of esters is 4. The van der Waals surface area contributed by atoms with Gasteiger partial charge in [-0.05, 0) is 189 Å². The van der Waals surface area contributed by atoms with Gasteiger partial charge in [-0.25, -0.2) is 14.4 Å². The molecule has 0 bridgehead atoms. The number of hydrogen-bond donors (Lipinski definition) is 12. The lowest BCUT2D eigenvalue weighted by Crippen LogP contribution is -2.54. The number of nitrogens with two attached hydrogens (primary N) is 4. The molecule has 2 aromatic rings. The highest BCUT2D eigenvalue weighted by Crippen LogP contribution is 2.23. The molecule has 9 atom stereocenters. The third-order valence-electron chi connectivity index (χ3n) is 16.5. The Morgan fingerprint density at radius 1 is 0.439 bits per heavy atom. The van der Waals surface area contributed by atoms with Gasteiger partial charge in [0.25, 0.3) is 0 Å². The van der Waals surface area contributed by atoms with Gasteiger partial charge in [-0.3, -0.25) is 38.4 Å². The number of ketones is 2. The number of carboxylic acids is 6. The smallest absolute Gasteiger partial charge is 0.345 e. The number of amides is 1. The first kappa shape index (κ1) is 129. The molecule has 706 valence electrons. The van der Waals surface area contributed by atoms with Gasteiger partial charge in [0, 0.05) is 44.4 Å². The van der Waals surface area contributed by atoms with Crippen molar-refractivity contribution in [3.05, 3.63) is 83.4 Å². The van der Waals surface area contributed by atoms with Crippen molar-refractivity contribution < 1.29 is 128 Å². The molecule has 0 saturated heterocycles. The average Bonchev–Trinajstić information content (AvgIpc) is 0.861. The molecule has 0 radical (unpaired) electrons. The predicted octanol–water partition coefficient (Wildman–Crippen LogP) is 11.3. The fourth-order valence-electron chi connectivity index (χ4n) is 11.5. The molecular formula is C91H157N7O25. The highest BCUT2D eigenvalue weighted by atomic mass is 16.6. The molecule has 123 heavy (non-hydrogen) atoms. The molecule has 0 heterocycles. The third-order valence-corrected chi connectivity index (χ3v) is 16.5. The maximum atomic E-state index is 11.7. The second kappa shape index (κ2) is 82.1. The molecule has 18 N–H and O–H groups in total. The predicted molar refractivity (Wildman–Crippen MR) is 469 cm³/mol. The Bertz CT molecular complexity index is 3070. The molecule has 32 heteroatoms. The molecule has 1 amide bonds. The Kier molecular flexibility index (Phi) is 86.1. The second-order valence-electron chi connectivity index (χ2n) is 32.3. The van der Waals surface area contributed by atoms with E-state index in [2.05, 4.69) is 81.0 Å². The summed E-state index contributed by atoms with van der Waals surface area (Å²) in [6.45, 7) is 43.9. The van der Waals surface area contributed by atoms with Gasteiger partial charge in [-0.2, -0.15) is 10.5 Å². The summed E-state index contributed by atoms with van der Waals surface area (Å²) in [6, 6.07) is 20.5. The summed E-state index contributed by atoms with van der Waals surface area (Å²) in [5, 5.41) is 88.1. The van der Waals surface area contributed by atoms with E-state index >= 15 is 0 Å². The van der Waals surface area contributed by atoms with Crippen molar-refractivity contribution in [3.63, 3.8) is 0 Å². The largest absolute Gasteiger partial charge is 0.547 e. The Balaban J connectivity index is -0.000000200. The number of nitriles is 2. The number of aliphatic hydroxyl groups is 2. The number of primary amides is 1. The summed E-state index contributed by atoms with van der Waals surface area (Å²) in [5.74, 6) is -5.93. The van der Waals surface area contributed by atoms with Gasteiger partial charge in [0.05, 0.1) is 69.3 Å².